The van der Waals surface area contributed by atoms with Gasteiger partial charge in [0.05, 0.1) is 6.42 Å². The Morgan fingerprint density at radius 3 is 2.70 bits per heavy atom. The monoisotopic (exact) mass is 322 g/mol. The summed E-state index contributed by atoms with van der Waals surface area (Å²) in [4.78, 5) is 33.9. The number of Topliss-reactive ketones (excluding diaryl/α,β-unsaturated/α-hetero) is 1. The van der Waals surface area contributed by atoms with Gasteiger partial charge in [0, 0.05) is 24.9 Å². The third kappa shape index (κ3) is 4.33. The number of amides is 2. The maximum Gasteiger partial charge on any atom is 0.314 e. The molecule has 2 amide bonds. The molecule has 2 aliphatic rings. The summed E-state index contributed by atoms with van der Waals surface area (Å²) in [5, 5.41) is 14.7. The van der Waals surface area contributed by atoms with Gasteiger partial charge in [-0.3, -0.25) is 4.79 Å². The van der Waals surface area contributed by atoms with Crippen LogP contribution in [0.15, 0.2) is 11.6 Å². The van der Waals surface area contributed by atoms with Gasteiger partial charge in [0.25, 0.3) is 0 Å². The average Bonchev–Trinajstić information content (AvgIpc) is 2.76. The fourth-order valence-electron chi connectivity index (χ4n) is 4.03. The highest BCUT2D eigenvalue weighted by molar-refractivity contribution is 5.76. The minimum Gasteiger partial charge on any atom is -0.481 e. The molecule has 0 radical (unpaired) electrons. The Labute approximate surface area is 136 Å². The van der Waals surface area contributed by atoms with Crippen LogP contribution in [0.5, 0.6) is 0 Å². The lowest BCUT2D eigenvalue weighted by atomic mass is 9.53. The van der Waals surface area contributed by atoms with E-state index in [1.54, 1.807) is 0 Å². The summed E-state index contributed by atoms with van der Waals surface area (Å²) in [5.41, 5.74) is 0.964. The molecule has 0 aromatic rings. The normalized spacial score (nSPS) is 28.3. The number of allylic oxidation sites excluding steroid dienone is 2. The number of rotatable bonds is 8. The van der Waals surface area contributed by atoms with Crippen molar-refractivity contribution in [2.24, 2.45) is 17.3 Å². The number of carbonyl (C=O) groups is 3. The van der Waals surface area contributed by atoms with Gasteiger partial charge in [0.2, 0.25) is 0 Å². The Morgan fingerprint density at radius 1 is 1.35 bits per heavy atom. The smallest absolute Gasteiger partial charge is 0.314 e. The SMILES string of the molecule is CC(=O)CCCNC(=O)NCC1(CC(=O)O)CC2CC(C)=CC21. The molecule has 0 aromatic carbocycles. The molecule has 2 rings (SSSR count). The van der Waals surface area contributed by atoms with Crippen LogP contribution < -0.4 is 10.6 Å². The van der Waals surface area contributed by atoms with Gasteiger partial charge >= 0.3 is 12.0 Å². The second kappa shape index (κ2) is 7.15. The molecule has 0 spiro atoms. The van der Waals surface area contributed by atoms with Crippen molar-refractivity contribution in [2.45, 2.75) is 46.0 Å². The van der Waals surface area contributed by atoms with Crippen molar-refractivity contribution < 1.29 is 19.5 Å². The van der Waals surface area contributed by atoms with E-state index in [0.29, 0.717) is 31.8 Å². The fraction of sp³-hybridized carbons (Fsp3) is 0.706. The van der Waals surface area contributed by atoms with Gasteiger partial charge in [-0.05, 0) is 44.9 Å². The van der Waals surface area contributed by atoms with Crippen LogP contribution >= 0.6 is 0 Å². The molecule has 0 bridgehead atoms. The van der Waals surface area contributed by atoms with Gasteiger partial charge in [-0.25, -0.2) is 4.79 Å². The molecule has 23 heavy (non-hydrogen) atoms. The third-order valence-corrected chi connectivity index (χ3v) is 5.03. The molecular weight excluding hydrogens is 296 g/mol. The van der Waals surface area contributed by atoms with Crippen LogP contribution in [0.1, 0.15) is 46.0 Å². The predicted molar refractivity (Wildman–Crippen MR) is 86.0 cm³/mol. The van der Waals surface area contributed by atoms with Gasteiger partial charge in [-0.15, -0.1) is 0 Å². The van der Waals surface area contributed by atoms with Crippen LogP contribution in [0.4, 0.5) is 4.79 Å². The summed E-state index contributed by atoms with van der Waals surface area (Å²) < 4.78 is 0. The zero-order valence-corrected chi connectivity index (χ0v) is 13.9. The largest absolute Gasteiger partial charge is 0.481 e. The summed E-state index contributed by atoms with van der Waals surface area (Å²) >= 11 is 0. The second-order valence-electron chi connectivity index (χ2n) is 7.06. The van der Waals surface area contributed by atoms with Crippen molar-refractivity contribution in [3.05, 3.63) is 11.6 Å². The Kier molecular flexibility index (Phi) is 5.44. The highest BCUT2D eigenvalue weighted by Crippen LogP contribution is 2.59. The van der Waals surface area contributed by atoms with Crippen molar-refractivity contribution >= 4 is 17.8 Å². The van der Waals surface area contributed by atoms with E-state index < -0.39 is 5.97 Å². The summed E-state index contributed by atoms with van der Waals surface area (Å²) in [5.74, 6) is 0.0907. The number of nitrogens with one attached hydrogen (secondary N) is 2. The zero-order chi connectivity index (χ0) is 17.0. The van der Waals surface area contributed by atoms with Crippen molar-refractivity contribution in [1.29, 1.82) is 0 Å². The first kappa shape index (κ1) is 17.5. The number of carbonyl (C=O) groups excluding carboxylic acids is 2. The quantitative estimate of drug-likeness (QED) is 0.471. The third-order valence-electron chi connectivity index (χ3n) is 5.03. The van der Waals surface area contributed by atoms with E-state index >= 15 is 0 Å². The van der Waals surface area contributed by atoms with Gasteiger partial charge in [-0.1, -0.05) is 11.6 Å². The van der Waals surface area contributed by atoms with Crippen LogP contribution in [0, 0.1) is 17.3 Å². The number of hydrogen-bond acceptors (Lipinski definition) is 3. The molecule has 1 fully saturated rings. The van der Waals surface area contributed by atoms with E-state index in [9.17, 15) is 19.5 Å². The van der Waals surface area contributed by atoms with Gasteiger partial charge < -0.3 is 20.5 Å². The summed E-state index contributed by atoms with van der Waals surface area (Å²) in [6, 6.07) is -0.291. The molecule has 3 unspecified atom stereocenters. The highest BCUT2D eigenvalue weighted by Gasteiger charge is 2.55. The Morgan fingerprint density at radius 2 is 2.09 bits per heavy atom. The molecule has 0 saturated heterocycles. The lowest BCUT2D eigenvalue weighted by Gasteiger charge is -2.51. The number of fused-ring (bicyclic) bond motifs is 1. The molecule has 0 aliphatic heterocycles. The van der Waals surface area contributed by atoms with Crippen LogP contribution in [-0.2, 0) is 9.59 Å². The minimum atomic E-state index is -0.815. The molecule has 3 N–H and O–H groups in total. The van der Waals surface area contributed by atoms with E-state index in [2.05, 4.69) is 23.6 Å². The van der Waals surface area contributed by atoms with Gasteiger partial charge in [0.1, 0.15) is 5.78 Å². The van der Waals surface area contributed by atoms with E-state index in [1.165, 1.54) is 12.5 Å². The first-order valence-electron chi connectivity index (χ1n) is 8.22. The van der Waals surface area contributed by atoms with Crippen molar-refractivity contribution in [3.63, 3.8) is 0 Å². The van der Waals surface area contributed by atoms with E-state index in [-0.39, 0.29) is 29.6 Å². The number of aliphatic carboxylic acids is 1. The van der Waals surface area contributed by atoms with Gasteiger partial charge in [0.15, 0.2) is 0 Å². The predicted octanol–water partition coefficient (Wildman–Crippen LogP) is 2.10. The highest BCUT2D eigenvalue weighted by atomic mass is 16.4. The standard InChI is InChI=1S/C17H26N2O4/c1-11-6-13-8-17(9-15(21)22,14(13)7-11)10-19-16(23)18-5-3-4-12(2)20/h7,13-14H,3-6,8-10H2,1-2H3,(H,21,22)(H2,18,19,23). The molecule has 2 aliphatic carbocycles. The van der Waals surface area contributed by atoms with E-state index in [0.717, 1.165) is 12.8 Å². The van der Waals surface area contributed by atoms with Crippen LogP contribution in [0.3, 0.4) is 0 Å². The lowest BCUT2D eigenvalue weighted by molar-refractivity contribution is -0.144. The summed E-state index contributed by atoms with van der Waals surface area (Å²) in [6.45, 7) is 4.43. The van der Waals surface area contributed by atoms with Crippen LogP contribution in [-0.4, -0.2) is 36.0 Å². The molecule has 0 aromatic heterocycles. The molecule has 6 heteroatoms. The minimum absolute atomic E-state index is 0.0859. The Balaban J connectivity index is 1.82. The number of ketones is 1. The number of carboxylic acid groups (broad SMARTS) is 1. The first-order valence-corrected chi connectivity index (χ1v) is 8.22. The molecule has 3 atom stereocenters. The number of hydrogen-bond donors (Lipinski definition) is 3. The molecule has 1 saturated carbocycles. The first-order chi connectivity index (χ1) is 10.8. The van der Waals surface area contributed by atoms with E-state index in [1.807, 2.05) is 0 Å². The molecule has 0 heterocycles. The molecular formula is C17H26N2O4. The lowest BCUT2D eigenvalue weighted by Crippen LogP contribution is -2.54. The van der Waals surface area contributed by atoms with Gasteiger partial charge in [-0.2, -0.15) is 0 Å². The molecule has 6 nitrogen and oxygen atoms in total. The zero-order valence-electron chi connectivity index (χ0n) is 13.9. The van der Waals surface area contributed by atoms with Crippen molar-refractivity contribution in [2.75, 3.05) is 13.1 Å². The molecule has 128 valence electrons. The Hall–Kier alpha value is -1.85. The van der Waals surface area contributed by atoms with Crippen LogP contribution in [0.25, 0.3) is 0 Å². The maximum atomic E-state index is 11.8. The van der Waals surface area contributed by atoms with Crippen molar-refractivity contribution in [3.8, 4) is 0 Å². The maximum absolute atomic E-state index is 11.8. The number of carboxylic acids is 1. The number of urea groups is 1. The second-order valence-corrected chi connectivity index (χ2v) is 7.06. The van der Waals surface area contributed by atoms with E-state index in [4.69, 9.17) is 0 Å². The Bertz CT molecular complexity index is 529. The fourth-order valence-corrected chi connectivity index (χ4v) is 4.03. The summed E-state index contributed by atoms with van der Waals surface area (Å²) in [7, 11) is 0. The van der Waals surface area contributed by atoms with Crippen LogP contribution in [0.2, 0.25) is 0 Å². The van der Waals surface area contributed by atoms with Crippen molar-refractivity contribution in [1.82, 2.24) is 10.6 Å². The average molecular weight is 322 g/mol. The topological polar surface area (TPSA) is 95.5 Å². The summed E-state index contributed by atoms with van der Waals surface area (Å²) in [6.07, 6.45) is 5.24.